The predicted molar refractivity (Wildman–Crippen MR) is 76.1 cm³/mol. The molecule has 0 aliphatic heterocycles. The molecule has 0 fully saturated rings. The van der Waals surface area contributed by atoms with Gasteiger partial charge in [0.1, 0.15) is 22.9 Å². The summed E-state index contributed by atoms with van der Waals surface area (Å²) in [5, 5.41) is 0. The first-order valence-corrected chi connectivity index (χ1v) is 6.64. The number of hydrogen-bond acceptors (Lipinski definition) is 4. The van der Waals surface area contributed by atoms with Crippen molar-refractivity contribution in [1.82, 2.24) is 0 Å². The quantitative estimate of drug-likeness (QED) is 0.550. The van der Waals surface area contributed by atoms with Crippen LogP contribution in [0.5, 0.6) is 11.5 Å². The Morgan fingerprint density at radius 3 is 1.56 bits per heavy atom. The van der Waals surface area contributed by atoms with Crippen LogP contribution >= 0.6 is 0 Å². The first-order valence-electron chi connectivity index (χ1n) is 6.64. The van der Waals surface area contributed by atoms with Gasteiger partial charge >= 0.3 is 0 Å². The van der Waals surface area contributed by atoms with E-state index in [1.54, 1.807) is 0 Å². The number of rotatable bonds is 8. The van der Waals surface area contributed by atoms with Gasteiger partial charge in [-0.1, -0.05) is 26.7 Å². The fourth-order valence-electron chi connectivity index (χ4n) is 1.50. The maximum Gasteiger partial charge on any atom is 0.144 e. The average molecular weight is 252 g/mol. The molecule has 0 atom stereocenters. The second-order valence-electron chi connectivity index (χ2n) is 4.29. The van der Waals surface area contributed by atoms with Crippen LogP contribution in [0.4, 0.5) is 11.4 Å². The van der Waals surface area contributed by atoms with Crippen LogP contribution in [0.3, 0.4) is 0 Å². The minimum Gasteiger partial charge on any atom is -0.491 e. The molecule has 0 aliphatic rings. The van der Waals surface area contributed by atoms with E-state index in [4.69, 9.17) is 20.9 Å². The van der Waals surface area contributed by atoms with Crippen LogP contribution < -0.4 is 20.9 Å². The molecule has 4 N–H and O–H groups in total. The zero-order valence-electron chi connectivity index (χ0n) is 11.4. The summed E-state index contributed by atoms with van der Waals surface area (Å²) in [7, 11) is 0. The van der Waals surface area contributed by atoms with Crippen LogP contribution in [0.25, 0.3) is 0 Å². The highest BCUT2D eigenvalue weighted by Crippen LogP contribution is 2.35. The third-order valence-corrected chi connectivity index (χ3v) is 2.72. The van der Waals surface area contributed by atoms with Gasteiger partial charge in [0.2, 0.25) is 0 Å². The lowest BCUT2D eigenvalue weighted by Crippen LogP contribution is -2.05. The Labute approximate surface area is 109 Å². The predicted octanol–water partition coefficient (Wildman–Crippen LogP) is 3.21. The van der Waals surface area contributed by atoms with Crippen molar-refractivity contribution in [2.24, 2.45) is 0 Å². The van der Waals surface area contributed by atoms with E-state index in [1.165, 1.54) is 0 Å². The molecule has 4 heteroatoms. The molecule has 0 aromatic heterocycles. The normalized spacial score (nSPS) is 10.3. The van der Waals surface area contributed by atoms with Crippen LogP contribution in [0.1, 0.15) is 39.5 Å². The van der Waals surface area contributed by atoms with Gasteiger partial charge < -0.3 is 20.9 Å². The van der Waals surface area contributed by atoms with E-state index in [0.29, 0.717) is 36.1 Å². The number of hydrogen-bond donors (Lipinski definition) is 2. The standard InChI is InChI=1S/C14H24N2O2/c1-3-5-9-17-11-7-8-12(14(16)13(11)15)18-10-6-4-2/h7-8H,3-6,9-10,15-16H2,1-2H3. The van der Waals surface area contributed by atoms with Gasteiger partial charge in [-0.05, 0) is 25.0 Å². The topological polar surface area (TPSA) is 70.5 Å². The van der Waals surface area contributed by atoms with E-state index >= 15 is 0 Å². The summed E-state index contributed by atoms with van der Waals surface area (Å²) in [6.07, 6.45) is 4.20. The summed E-state index contributed by atoms with van der Waals surface area (Å²) in [6.45, 7) is 5.56. The molecule has 102 valence electrons. The van der Waals surface area contributed by atoms with E-state index in [1.807, 2.05) is 12.1 Å². The van der Waals surface area contributed by atoms with Crippen molar-refractivity contribution < 1.29 is 9.47 Å². The van der Waals surface area contributed by atoms with Crippen LogP contribution in [0.15, 0.2) is 12.1 Å². The SMILES string of the molecule is CCCCOc1ccc(OCCCC)c(N)c1N. The van der Waals surface area contributed by atoms with Crippen molar-refractivity contribution in [2.45, 2.75) is 39.5 Å². The number of anilines is 2. The highest BCUT2D eigenvalue weighted by molar-refractivity contribution is 5.76. The van der Waals surface area contributed by atoms with Crippen molar-refractivity contribution in [3.8, 4) is 11.5 Å². The monoisotopic (exact) mass is 252 g/mol. The third kappa shape index (κ3) is 4.02. The summed E-state index contributed by atoms with van der Waals surface area (Å²) >= 11 is 0. The summed E-state index contributed by atoms with van der Waals surface area (Å²) < 4.78 is 11.2. The molecule has 0 spiro atoms. The molecule has 1 rings (SSSR count). The second kappa shape index (κ2) is 7.69. The van der Waals surface area contributed by atoms with E-state index in [2.05, 4.69) is 13.8 Å². The molecule has 0 unspecified atom stereocenters. The molecule has 0 saturated heterocycles. The number of nitrogen functional groups attached to an aromatic ring is 2. The van der Waals surface area contributed by atoms with Gasteiger partial charge in [-0.3, -0.25) is 0 Å². The Balaban J connectivity index is 2.65. The van der Waals surface area contributed by atoms with Crippen molar-refractivity contribution in [3.63, 3.8) is 0 Å². The van der Waals surface area contributed by atoms with Crippen molar-refractivity contribution in [1.29, 1.82) is 0 Å². The lowest BCUT2D eigenvalue weighted by atomic mass is 10.2. The van der Waals surface area contributed by atoms with Crippen LogP contribution in [-0.4, -0.2) is 13.2 Å². The Hall–Kier alpha value is -1.58. The molecule has 0 radical (unpaired) electrons. The van der Waals surface area contributed by atoms with Gasteiger partial charge in [0.25, 0.3) is 0 Å². The highest BCUT2D eigenvalue weighted by Gasteiger charge is 2.09. The van der Waals surface area contributed by atoms with Crippen molar-refractivity contribution in [2.75, 3.05) is 24.7 Å². The number of benzene rings is 1. The second-order valence-corrected chi connectivity index (χ2v) is 4.29. The van der Waals surface area contributed by atoms with Gasteiger partial charge in [-0.2, -0.15) is 0 Å². The zero-order valence-corrected chi connectivity index (χ0v) is 11.4. The fourth-order valence-corrected chi connectivity index (χ4v) is 1.50. The highest BCUT2D eigenvalue weighted by atomic mass is 16.5. The first-order chi connectivity index (χ1) is 8.70. The summed E-state index contributed by atoms with van der Waals surface area (Å²) in [5.74, 6) is 1.28. The third-order valence-electron chi connectivity index (χ3n) is 2.72. The van der Waals surface area contributed by atoms with E-state index in [-0.39, 0.29) is 0 Å². The molecule has 0 amide bonds. The van der Waals surface area contributed by atoms with Gasteiger partial charge in [-0.25, -0.2) is 0 Å². The molecule has 1 aromatic carbocycles. The molecule has 18 heavy (non-hydrogen) atoms. The van der Waals surface area contributed by atoms with Gasteiger partial charge in [0.05, 0.1) is 13.2 Å². The maximum atomic E-state index is 5.94. The molecule has 4 nitrogen and oxygen atoms in total. The molecular weight excluding hydrogens is 228 g/mol. The smallest absolute Gasteiger partial charge is 0.144 e. The molecule has 0 saturated carbocycles. The Morgan fingerprint density at radius 2 is 1.22 bits per heavy atom. The van der Waals surface area contributed by atoms with Crippen LogP contribution in [0.2, 0.25) is 0 Å². The maximum absolute atomic E-state index is 5.94. The molecular formula is C14H24N2O2. The molecule has 0 heterocycles. The Kier molecular flexibility index (Phi) is 6.19. The van der Waals surface area contributed by atoms with Gasteiger partial charge in [0, 0.05) is 0 Å². The van der Waals surface area contributed by atoms with Gasteiger partial charge in [-0.15, -0.1) is 0 Å². The fraction of sp³-hybridized carbons (Fsp3) is 0.571. The lowest BCUT2D eigenvalue weighted by molar-refractivity contribution is 0.303. The molecule has 1 aromatic rings. The summed E-state index contributed by atoms with van der Waals surface area (Å²) in [5.41, 5.74) is 12.8. The minimum absolute atomic E-state index is 0.472. The van der Waals surface area contributed by atoms with Crippen molar-refractivity contribution in [3.05, 3.63) is 12.1 Å². The largest absolute Gasteiger partial charge is 0.491 e. The minimum atomic E-state index is 0.472. The molecule has 0 bridgehead atoms. The number of unbranched alkanes of at least 4 members (excludes halogenated alkanes) is 2. The lowest BCUT2D eigenvalue weighted by Gasteiger charge is -2.14. The van der Waals surface area contributed by atoms with Crippen LogP contribution in [0, 0.1) is 0 Å². The number of nitrogens with two attached hydrogens (primary N) is 2. The summed E-state index contributed by atoms with van der Waals surface area (Å²) in [6, 6.07) is 3.64. The Bertz CT molecular complexity index is 332. The summed E-state index contributed by atoms with van der Waals surface area (Å²) in [4.78, 5) is 0. The molecule has 0 aliphatic carbocycles. The zero-order chi connectivity index (χ0) is 13.4. The van der Waals surface area contributed by atoms with E-state index < -0.39 is 0 Å². The van der Waals surface area contributed by atoms with E-state index in [9.17, 15) is 0 Å². The average Bonchev–Trinajstić information content (AvgIpc) is 2.37. The van der Waals surface area contributed by atoms with Crippen LogP contribution in [-0.2, 0) is 0 Å². The Morgan fingerprint density at radius 1 is 0.833 bits per heavy atom. The number of ether oxygens (including phenoxy) is 2. The first kappa shape index (κ1) is 14.5. The van der Waals surface area contributed by atoms with Crippen molar-refractivity contribution >= 4 is 11.4 Å². The van der Waals surface area contributed by atoms with E-state index in [0.717, 1.165) is 25.7 Å². The van der Waals surface area contributed by atoms with Gasteiger partial charge in [0.15, 0.2) is 0 Å².